The van der Waals surface area contributed by atoms with Crippen molar-refractivity contribution in [1.82, 2.24) is 5.32 Å². The molecular formula is C14H20N4O2. The predicted octanol–water partition coefficient (Wildman–Crippen LogP) is 1.26. The molecule has 1 aliphatic heterocycles. The minimum Gasteiger partial charge on any atom is -0.370 e. The normalized spacial score (nSPS) is 20.6. The largest absolute Gasteiger partial charge is 0.370 e. The van der Waals surface area contributed by atoms with Gasteiger partial charge in [0.05, 0.1) is 0 Å². The van der Waals surface area contributed by atoms with Crippen LogP contribution >= 0.6 is 0 Å². The van der Waals surface area contributed by atoms with Crippen LogP contribution < -0.4 is 11.1 Å². The molecule has 0 aromatic heterocycles. The highest BCUT2D eigenvalue weighted by Crippen LogP contribution is 2.38. The highest BCUT2D eigenvalue weighted by Gasteiger charge is 2.42. The number of carbonyl (C=O) groups excluding carboxylic acids is 2. The van der Waals surface area contributed by atoms with Crippen molar-refractivity contribution in [2.45, 2.75) is 62.6 Å². The van der Waals surface area contributed by atoms with Gasteiger partial charge in [-0.2, -0.15) is 10.2 Å². The number of nitrogens with zero attached hydrogens (tertiary/aromatic N) is 2. The molecule has 0 bridgehead atoms. The monoisotopic (exact) mass is 276 g/mol. The smallest absolute Gasteiger partial charge is 0.220 e. The summed E-state index contributed by atoms with van der Waals surface area (Å²) in [4.78, 5) is 23.1. The lowest BCUT2D eigenvalue weighted by Gasteiger charge is -2.41. The number of amides is 2. The Kier molecular flexibility index (Phi) is 4.07. The van der Waals surface area contributed by atoms with E-state index in [0.29, 0.717) is 25.7 Å². The maximum Gasteiger partial charge on any atom is 0.220 e. The number of hydrogen-bond donors (Lipinski definition) is 2. The molecule has 3 N–H and O–H groups in total. The van der Waals surface area contributed by atoms with E-state index in [1.807, 2.05) is 0 Å². The average molecular weight is 276 g/mol. The van der Waals surface area contributed by atoms with Gasteiger partial charge in [0, 0.05) is 37.6 Å². The molecule has 1 fully saturated rings. The fourth-order valence-corrected chi connectivity index (χ4v) is 2.62. The van der Waals surface area contributed by atoms with Crippen LogP contribution in [-0.4, -0.2) is 23.0 Å². The first-order chi connectivity index (χ1) is 9.49. The first-order valence-electron chi connectivity index (χ1n) is 6.96. The van der Waals surface area contributed by atoms with Crippen molar-refractivity contribution in [1.29, 1.82) is 0 Å². The van der Waals surface area contributed by atoms with Crippen molar-refractivity contribution in [2.24, 2.45) is 16.0 Å². The lowest BCUT2D eigenvalue weighted by Crippen LogP contribution is -2.55. The van der Waals surface area contributed by atoms with Crippen LogP contribution in [0.15, 0.2) is 10.2 Å². The summed E-state index contributed by atoms with van der Waals surface area (Å²) in [6, 6.07) is 0. The minimum absolute atomic E-state index is 0.0664. The van der Waals surface area contributed by atoms with Crippen LogP contribution in [-0.2, 0) is 9.59 Å². The summed E-state index contributed by atoms with van der Waals surface area (Å²) >= 11 is 0. The van der Waals surface area contributed by atoms with Crippen LogP contribution in [0.25, 0.3) is 0 Å². The zero-order chi connectivity index (χ0) is 14.6. The Hall–Kier alpha value is -1.90. The zero-order valence-corrected chi connectivity index (χ0v) is 11.5. The summed E-state index contributed by atoms with van der Waals surface area (Å²) in [5.41, 5.74) is 4.39. The molecule has 20 heavy (non-hydrogen) atoms. The highest BCUT2D eigenvalue weighted by molar-refractivity contribution is 5.80. The van der Waals surface area contributed by atoms with Gasteiger partial charge in [0.2, 0.25) is 11.8 Å². The van der Waals surface area contributed by atoms with E-state index < -0.39 is 11.2 Å². The maximum absolute atomic E-state index is 12.0. The number of hydrogen-bond acceptors (Lipinski definition) is 4. The maximum atomic E-state index is 12.0. The molecule has 0 aromatic rings. The van der Waals surface area contributed by atoms with Crippen LogP contribution in [0.4, 0.5) is 0 Å². The van der Waals surface area contributed by atoms with Crippen LogP contribution in [0, 0.1) is 12.3 Å². The predicted molar refractivity (Wildman–Crippen MR) is 73.4 cm³/mol. The van der Waals surface area contributed by atoms with E-state index in [-0.39, 0.29) is 18.2 Å². The van der Waals surface area contributed by atoms with Gasteiger partial charge in [-0.1, -0.05) is 0 Å². The molecule has 0 radical (unpaired) electrons. The minimum atomic E-state index is -0.430. The Morgan fingerprint density at radius 3 is 2.45 bits per heavy atom. The van der Waals surface area contributed by atoms with Gasteiger partial charge in [-0.3, -0.25) is 9.59 Å². The molecule has 0 saturated heterocycles. The van der Waals surface area contributed by atoms with E-state index >= 15 is 0 Å². The molecule has 2 amide bonds. The molecule has 1 saturated carbocycles. The summed E-state index contributed by atoms with van der Waals surface area (Å²) in [5, 5.41) is 10.9. The SMILES string of the molecule is C#CCCC1(CCC(=O)NC2(CC(N)=O)CCC2)N=N1. The Bertz CT molecular complexity index is 468. The van der Waals surface area contributed by atoms with Crippen LogP contribution in [0.1, 0.15) is 51.4 Å². The third kappa shape index (κ3) is 3.56. The molecule has 108 valence electrons. The second-order valence-electron chi connectivity index (χ2n) is 5.71. The third-order valence-corrected chi connectivity index (χ3v) is 4.03. The topological polar surface area (TPSA) is 96.9 Å². The van der Waals surface area contributed by atoms with E-state index in [0.717, 1.165) is 19.3 Å². The van der Waals surface area contributed by atoms with E-state index in [4.69, 9.17) is 12.2 Å². The first kappa shape index (κ1) is 14.5. The molecule has 2 rings (SSSR count). The fourth-order valence-electron chi connectivity index (χ4n) is 2.62. The summed E-state index contributed by atoms with van der Waals surface area (Å²) in [7, 11) is 0. The Labute approximate surface area is 118 Å². The van der Waals surface area contributed by atoms with Gasteiger partial charge >= 0.3 is 0 Å². The van der Waals surface area contributed by atoms with Crippen molar-refractivity contribution in [3.63, 3.8) is 0 Å². The van der Waals surface area contributed by atoms with Gasteiger partial charge in [-0.25, -0.2) is 0 Å². The summed E-state index contributed by atoms with van der Waals surface area (Å²) < 4.78 is 0. The number of primary amides is 1. The number of carbonyl (C=O) groups is 2. The molecule has 0 aromatic carbocycles. The second kappa shape index (κ2) is 5.61. The Morgan fingerprint density at radius 2 is 2.00 bits per heavy atom. The number of nitrogens with two attached hydrogens (primary N) is 1. The lowest BCUT2D eigenvalue weighted by molar-refractivity contribution is -0.126. The molecule has 1 aliphatic carbocycles. The second-order valence-corrected chi connectivity index (χ2v) is 5.71. The van der Waals surface area contributed by atoms with E-state index in [9.17, 15) is 9.59 Å². The molecule has 0 atom stereocenters. The van der Waals surface area contributed by atoms with Crippen molar-refractivity contribution in [3.8, 4) is 12.3 Å². The van der Waals surface area contributed by atoms with Gasteiger partial charge in [0.1, 0.15) is 0 Å². The average Bonchev–Trinajstić information content (AvgIpc) is 3.11. The molecule has 6 nitrogen and oxygen atoms in total. The van der Waals surface area contributed by atoms with Gasteiger partial charge in [-0.05, 0) is 19.3 Å². The molecule has 2 aliphatic rings. The van der Waals surface area contributed by atoms with Gasteiger partial charge in [0.15, 0.2) is 5.66 Å². The number of nitrogens with one attached hydrogen (secondary N) is 1. The van der Waals surface area contributed by atoms with Gasteiger partial charge in [0.25, 0.3) is 0 Å². The standard InChI is InChI=1S/C14H20N4O2/c1-2-3-8-14(17-18-14)9-5-12(20)16-13(6-4-7-13)10-11(15)19/h1H,3-10H2,(H2,15,19)(H,16,20). The lowest BCUT2D eigenvalue weighted by atomic mass is 9.74. The van der Waals surface area contributed by atoms with Crippen molar-refractivity contribution in [2.75, 3.05) is 0 Å². The fraction of sp³-hybridized carbons (Fsp3) is 0.714. The summed E-state index contributed by atoms with van der Waals surface area (Å²) in [6.07, 6.45) is 10.3. The molecule has 1 heterocycles. The molecule has 0 unspecified atom stereocenters. The van der Waals surface area contributed by atoms with E-state index in [2.05, 4.69) is 21.5 Å². The Morgan fingerprint density at radius 1 is 1.30 bits per heavy atom. The van der Waals surface area contributed by atoms with E-state index in [1.54, 1.807) is 0 Å². The van der Waals surface area contributed by atoms with Crippen LogP contribution in [0.3, 0.4) is 0 Å². The molecular weight excluding hydrogens is 256 g/mol. The third-order valence-electron chi connectivity index (χ3n) is 4.03. The van der Waals surface area contributed by atoms with Gasteiger partial charge in [-0.15, -0.1) is 12.3 Å². The first-order valence-corrected chi connectivity index (χ1v) is 6.96. The molecule has 0 spiro atoms. The summed E-state index contributed by atoms with van der Waals surface area (Å²) in [6.45, 7) is 0. The van der Waals surface area contributed by atoms with Crippen molar-refractivity contribution < 1.29 is 9.59 Å². The van der Waals surface area contributed by atoms with Gasteiger partial charge < -0.3 is 11.1 Å². The molecule has 6 heteroatoms. The highest BCUT2D eigenvalue weighted by atomic mass is 16.2. The van der Waals surface area contributed by atoms with Crippen molar-refractivity contribution in [3.05, 3.63) is 0 Å². The van der Waals surface area contributed by atoms with Crippen molar-refractivity contribution >= 4 is 11.8 Å². The summed E-state index contributed by atoms with van der Waals surface area (Å²) in [5.74, 6) is 2.12. The zero-order valence-electron chi connectivity index (χ0n) is 11.5. The van der Waals surface area contributed by atoms with E-state index in [1.165, 1.54) is 0 Å². The number of terminal acetylenes is 1. The number of rotatable bonds is 8. The Balaban J connectivity index is 1.75. The van der Waals surface area contributed by atoms with Crippen LogP contribution in [0.5, 0.6) is 0 Å². The quantitative estimate of drug-likeness (QED) is 0.652. The van der Waals surface area contributed by atoms with Crippen LogP contribution in [0.2, 0.25) is 0 Å².